The molecule has 12 heavy (non-hydrogen) atoms. The van der Waals surface area contributed by atoms with E-state index in [1.54, 1.807) is 15.9 Å². The molecule has 0 atom stereocenters. The van der Waals surface area contributed by atoms with Gasteiger partial charge in [-0.05, 0) is 15.9 Å². The lowest BCUT2D eigenvalue weighted by molar-refractivity contribution is -0.159. The van der Waals surface area contributed by atoms with E-state index in [0.717, 1.165) is 12.4 Å². The number of halogens is 5. The van der Waals surface area contributed by atoms with Gasteiger partial charge in [0.25, 0.3) is 0 Å². The Balaban J connectivity index is 3.02. The van der Waals surface area contributed by atoms with E-state index in [1.165, 1.54) is 0 Å². The third kappa shape index (κ3) is 1.45. The van der Waals surface area contributed by atoms with Gasteiger partial charge in [-0.2, -0.15) is 17.6 Å². The van der Waals surface area contributed by atoms with Crippen LogP contribution in [0.25, 0.3) is 0 Å². The standard InChI is InChI=1S/C5H3BrF4N2/c6-5(9,10)4(7,8)3-11-1-2-12-3/h1-2H,(H,11,12). The number of alkyl halides is 5. The highest BCUT2D eigenvalue weighted by molar-refractivity contribution is 9.10. The second-order valence-electron chi connectivity index (χ2n) is 2.01. The summed E-state index contributed by atoms with van der Waals surface area (Å²) in [5.41, 5.74) is 0. The maximum Gasteiger partial charge on any atom is 0.376 e. The Morgan fingerprint density at radius 1 is 1.33 bits per heavy atom. The molecular weight excluding hydrogens is 244 g/mol. The van der Waals surface area contributed by atoms with Gasteiger partial charge in [-0.3, -0.25) is 0 Å². The molecule has 0 fully saturated rings. The van der Waals surface area contributed by atoms with Gasteiger partial charge in [0.2, 0.25) is 0 Å². The van der Waals surface area contributed by atoms with Crippen molar-refractivity contribution in [1.29, 1.82) is 0 Å². The van der Waals surface area contributed by atoms with Gasteiger partial charge in [0.15, 0.2) is 5.82 Å². The zero-order valence-corrected chi connectivity index (χ0v) is 7.08. The van der Waals surface area contributed by atoms with Crippen LogP contribution in [0.4, 0.5) is 17.6 Å². The summed E-state index contributed by atoms with van der Waals surface area (Å²) in [5, 5.41) is 0. The van der Waals surface area contributed by atoms with Crippen LogP contribution in [0, 0.1) is 0 Å². The maximum absolute atomic E-state index is 12.6. The summed E-state index contributed by atoms with van der Waals surface area (Å²) < 4.78 is 49.6. The molecular formula is C5H3BrF4N2. The summed E-state index contributed by atoms with van der Waals surface area (Å²) in [6.45, 7) is 0. The predicted molar refractivity (Wildman–Crippen MR) is 36.4 cm³/mol. The van der Waals surface area contributed by atoms with Crippen molar-refractivity contribution in [1.82, 2.24) is 9.97 Å². The van der Waals surface area contributed by atoms with Crippen LogP contribution in [0.2, 0.25) is 0 Å². The van der Waals surface area contributed by atoms with Crippen LogP contribution >= 0.6 is 15.9 Å². The van der Waals surface area contributed by atoms with Crippen molar-refractivity contribution in [2.45, 2.75) is 10.8 Å². The summed E-state index contributed by atoms with van der Waals surface area (Å²) in [6.07, 6.45) is 2.02. The topological polar surface area (TPSA) is 28.7 Å². The van der Waals surface area contributed by atoms with Gasteiger partial charge in [-0.1, -0.05) is 0 Å². The van der Waals surface area contributed by atoms with E-state index in [-0.39, 0.29) is 0 Å². The number of H-pyrrole nitrogens is 1. The first kappa shape index (κ1) is 9.50. The molecule has 0 aliphatic carbocycles. The van der Waals surface area contributed by atoms with Crippen molar-refractivity contribution in [2.75, 3.05) is 0 Å². The van der Waals surface area contributed by atoms with E-state index in [2.05, 4.69) is 4.98 Å². The number of rotatable bonds is 2. The second-order valence-corrected chi connectivity index (χ2v) is 3.01. The van der Waals surface area contributed by atoms with Crippen LogP contribution in [0.3, 0.4) is 0 Å². The van der Waals surface area contributed by atoms with E-state index in [1.807, 2.05) is 4.98 Å². The minimum absolute atomic E-state index is 0.974. The average Bonchev–Trinajstić information content (AvgIpc) is 2.34. The fourth-order valence-corrected chi connectivity index (χ4v) is 0.759. The summed E-state index contributed by atoms with van der Waals surface area (Å²) in [6, 6.07) is 0. The Morgan fingerprint density at radius 2 is 1.92 bits per heavy atom. The number of hydrogen-bond acceptors (Lipinski definition) is 1. The highest BCUT2D eigenvalue weighted by atomic mass is 79.9. The number of aromatic nitrogens is 2. The molecule has 0 saturated heterocycles. The van der Waals surface area contributed by atoms with Crippen LogP contribution < -0.4 is 0 Å². The Kier molecular flexibility index (Phi) is 2.15. The molecule has 0 unspecified atom stereocenters. The molecule has 1 N–H and O–H groups in total. The fraction of sp³-hybridized carbons (Fsp3) is 0.400. The van der Waals surface area contributed by atoms with Crippen molar-refractivity contribution in [3.8, 4) is 0 Å². The molecule has 0 spiro atoms. The highest BCUT2D eigenvalue weighted by Crippen LogP contribution is 2.45. The zero-order chi connectivity index (χ0) is 9.41. The Hall–Kier alpha value is -0.590. The summed E-state index contributed by atoms with van der Waals surface area (Å²) in [4.78, 5) is 0.658. The fourth-order valence-electron chi connectivity index (χ4n) is 0.571. The SMILES string of the molecule is FC(F)(Br)C(F)(F)c1ncc[nH]1. The summed E-state index contributed by atoms with van der Waals surface area (Å²) in [5.74, 6) is -5.39. The van der Waals surface area contributed by atoms with Gasteiger partial charge >= 0.3 is 10.8 Å². The Bertz CT molecular complexity index is 253. The minimum atomic E-state index is -4.32. The molecule has 0 saturated carbocycles. The maximum atomic E-state index is 12.6. The molecule has 1 aromatic heterocycles. The quantitative estimate of drug-likeness (QED) is 0.631. The lowest BCUT2D eigenvalue weighted by Gasteiger charge is -2.18. The molecule has 0 aliphatic heterocycles. The largest absolute Gasteiger partial charge is 0.376 e. The zero-order valence-electron chi connectivity index (χ0n) is 5.49. The van der Waals surface area contributed by atoms with E-state index in [0.29, 0.717) is 0 Å². The summed E-state index contributed by atoms with van der Waals surface area (Å²) >= 11 is 1.58. The first-order valence-corrected chi connectivity index (χ1v) is 3.59. The number of imidazole rings is 1. The third-order valence-corrected chi connectivity index (χ3v) is 1.65. The normalized spacial score (nSPS) is 13.4. The molecule has 68 valence electrons. The van der Waals surface area contributed by atoms with E-state index in [9.17, 15) is 17.6 Å². The van der Waals surface area contributed by atoms with E-state index in [4.69, 9.17) is 0 Å². The lowest BCUT2D eigenvalue weighted by Crippen LogP contribution is -2.33. The third-order valence-electron chi connectivity index (χ3n) is 1.15. The summed E-state index contributed by atoms with van der Waals surface area (Å²) in [7, 11) is 0. The predicted octanol–water partition coefficient (Wildman–Crippen LogP) is 2.49. The van der Waals surface area contributed by atoms with Crippen molar-refractivity contribution in [3.05, 3.63) is 18.2 Å². The van der Waals surface area contributed by atoms with Gasteiger partial charge in [-0.15, -0.1) is 0 Å². The van der Waals surface area contributed by atoms with Gasteiger partial charge < -0.3 is 4.98 Å². The molecule has 0 radical (unpaired) electrons. The molecule has 1 aromatic rings. The van der Waals surface area contributed by atoms with Crippen molar-refractivity contribution in [2.24, 2.45) is 0 Å². The monoisotopic (exact) mass is 246 g/mol. The molecule has 0 aromatic carbocycles. The van der Waals surface area contributed by atoms with Gasteiger partial charge in [0.1, 0.15) is 0 Å². The van der Waals surface area contributed by atoms with Crippen molar-refractivity contribution in [3.63, 3.8) is 0 Å². The molecule has 2 nitrogen and oxygen atoms in total. The first-order chi connectivity index (χ1) is 5.36. The lowest BCUT2D eigenvalue weighted by atomic mass is 10.3. The highest BCUT2D eigenvalue weighted by Gasteiger charge is 2.57. The van der Waals surface area contributed by atoms with Crippen molar-refractivity contribution < 1.29 is 17.6 Å². The molecule has 1 rings (SSSR count). The smallest absolute Gasteiger partial charge is 0.343 e. The molecule has 7 heteroatoms. The average molecular weight is 247 g/mol. The second kappa shape index (κ2) is 2.72. The number of hydrogen-bond donors (Lipinski definition) is 1. The molecule has 1 heterocycles. The van der Waals surface area contributed by atoms with Crippen LogP contribution in [-0.4, -0.2) is 14.8 Å². The molecule has 0 bridgehead atoms. The Morgan fingerprint density at radius 3 is 2.25 bits per heavy atom. The molecule has 0 amide bonds. The van der Waals surface area contributed by atoms with Gasteiger partial charge in [0, 0.05) is 12.4 Å². The van der Waals surface area contributed by atoms with Crippen molar-refractivity contribution >= 4 is 15.9 Å². The number of nitrogens with zero attached hydrogens (tertiary/aromatic N) is 1. The van der Waals surface area contributed by atoms with Crippen LogP contribution in [0.1, 0.15) is 5.82 Å². The van der Waals surface area contributed by atoms with Crippen LogP contribution in [0.5, 0.6) is 0 Å². The first-order valence-electron chi connectivity index (χ1n) is 2.80. The van der Waals surface area contributed by atoms with E-state index < -0.39 is 16.6 Å². The number of nitrogens with one attached hydrogen (secondary N) is 1. The number of aromatic amines is 1. The Labute approximate surface area is 73.1 Å². The van der Waals surface area contributed by atoms with Crippen LogP contribution in [-0.2, 0) is 5.92 Å². The van der Waals surface area contributed by atoms with Crippen LogP contribution in [0.15, 0.2) is 12.4 Å². The van der Waals surface area contributed by atoms with Gasteiger partial charge in [0.05, 0.1) is 0 Å². The van der Waals surface area contributed by atoms with E-state index >= 15 is 0 Å². The van der Waals surface area contributed by atoms with Gasteiger partial charge in [-0.25, -0.2) is 4.98 Å². The molecule has 0 aliphatic rings. The minimum Gasteiger partial charge on any atom is -0.343 e.